The number of rotatable bonds is 3. The molecule has 3 nitrogen and oxygen atoms in total. The Morgan fingerprint density at radius 1 is 1.22 bits per heavy atom. The molecule has 1 N–H and O–H groups in total. The van der Waals surface area contributed by atoms with Crippen molar-refractivity contribution in [3.63, 3.8) is 0 Å². The van der Waals surface area contributed by atoms with Crippen molar-refractivity contribution in [2.75, 3.05) is 7.05 Å². The molecule has 1 unspecified atom stereocenters. The quantitative estimate of drug-likeness (QED) is 0.766. The summed E-state index contributed by atoms with van der Waals surface area (Å²) < 4.78 is 38.8. The van der Waals surface area contributed by atoms with Crippen molar-refractivity contribution in [3.8, 4) is 0 Å². The van der Waals surface area contributed by atoms with Crippen molar-refractivity contribution in [3.05, 3.63) is 76.3 Å². The molecular weight excluding hydrogens is 377 g/mol. The van der Waals surface area contributed by atoms with Gasteiger partial charge in [-0.1, -0.05) is 62.0 Å². The summed E-state index contributed by atoms with van der Waals surface area (Å²) in [6.45, 7) is 3.88. The van der Waals surface area contributed by atoms with Crippen LogP contribution in [0, 0.1) is 0 Å². The first-order valence-electron chi connectivity index (χ1n) is 7.85. The Labute approximate surface area is 161 Å². The molecule has 7 heteroatoms. The van der Waals surface area contributed by atoms with E-state index in [1.165, 1.54) is 12.1 Å². The summed E-state index contributed by atoms with van der Waals surface area (Å²) in [5.41, 5.74) is 1.71. The van der Waals surface area contributed by atoms with E-state index in [0.717, 1.165) is 22.9 Å². The van der Waals surface area contributed by atoms with E-state index in [-0.39, 0.29) is 25.4 Å². The van der Waals surface area contributed by atoms with Crippen LogP contribution in [-0.2, 0) is 17.5 Å². The fourth-order valence-corrected chi connectivity index (χ4v) is 3.38. The van der Waals surface area contributed by atoms with E-state index >= 15 is 0 Å². The first-order chi connectivity index (χ1) is 12.2. The van der Waals surface area contributed by atoms with E-state index in [1.807, 2.05) is 24.3 Å². The predicted molar refractivity (Wildman–Crippen MR) is 101 cm³/mol. The molecule has 1 amide bonds. The number of nitrogens with zero attached hydrogens (tertiary/aromatic N) is 1. The number of benzene rings is 2. The van der Waals surface area contributed by atoms with Gasteiger partial charge < -0.3 is 10.2 Å². The third-order valence-corrected chi connectivity index (χ3v) is 4.91. The predicted octanol–water partition coefficient (Wildman–Crippen LogP) is 5.27. The minimum atomic E-state index is -4.54. The topological polar surface area (TPSA) is 32.3 Å². The van der Waals surface area contributed by atoms with E-state index in [1.54, 1.807) is 11.9 Å². The zero-order valence-electron chi connectivity index (χ0n) is 13.9. The zero-order chi connectivity index (χ0) is 19.1. The number of hydrogen-bond donors (Lipinski definition) is 1. The van der Waals surface area contributed by atoms with Gasteiger partial charge >= 0.3 is 6.18 Å². The van der Waals surface area contributed by atoms with Crippen molar-refractivity contribution in [2.24, 2.45) is 0 Å². The largest absolute Gasteiger partial charge is 0.417 e. The minimum absolute atomic E-state index is 0. The average Bonchev–Trinajstić information content (AvgIpc) is 2.84. The van der Waals surface area contributed by atoms with E-state index in [4.69, 9.17) is 11.6 Å². The highest BCUT2D eigenvalue weighted by Crippen LogP contribution is 2.39. The molecule has 0 spiro atoms. The van der Waals surface area contributed by atoms with Crippen LogP contribution in [0.25, 0.3) is 5.70 Å². The summed E-state index contributed by atoms with van der Waals surface area (Å²) in [5.74, 6) is -0.327. The summed E-state index contributed by atoms with van der Waals surface area (Å²) in [6.07, 6.45) is -4.54. The van der Waals surface area contributed by atoms with Gasteiger partial charge in [-0.2, -0.15) is 13.2 Å². The first kappa shape index (κ1) is 20.8. The third-order valence-electron chi connectivity index (χ3n) is 4.46. The van der Waals surface area contributed by atoms with Gasteiger partial charge in [-0.15, -0.1) is 0 Å². The lowest BCUT2D eigenvalue weighted by atomic mass is 10.0. The number of alkyl halides is 3. The SMILES string of the molecule is C.C=C1c2ccccc2C(C(=O)NCc2cccc(C(F)(F)F)c2Cl)N1C. The molecule has 0 fully saturated rings. The molecule has 2 aromatic rings. The number of likely N-dealkylation sites (N-methyl/N-ethyl adjacent to an activating group) is 1. The number of fused-ring (bicyclic) bond motifs is 1. The van der Waals surface area contributed by atoms with Crippen LogP contribution in [0.1, 0.15) is 35.7 Å². The molecule has 2 aromatic carbocycles. The Balaban J connectivity index is 0.00000261. The smallest absolute Gasteiger partial charge is 0.359 e. The molecule has 27 heavy (non-hydrogen) atoms. The van der Waals surface area contributed by atoms with Gasteiger partial charge in [0.05, 0.1) is 10.6 Å². The molecular formula is C20H20ClF3N2O. The molecule has 0 aromatic heterocycles. The highest BCUT2D eigenvalue weighted by Gasteiger charge is 2.36. The van der Waals surface area contributed by atoms with Gasteiger partial charge in [-0.25, -0.2) is 0 Å². The molecule has 1 aliphatic rings. The van der Waals surface area contributed by atoms with Crippen LogP contribution in [0.3, 0.4) is 0 Å². The van der Waals surface area contributed by atoms with Crippen LogP contribution >= 0.6 is 11.6 Å². The Hall–Kier alpha value is -2.47. The van der Waals surface area contributed by atoms with Crippen molar-refractivity contribution >= 4 is 23.2 Å². The summed E-state index contributed by atoms with van der Waals surface area (Å²) in [4.78, 5) is 14.4. The molecule has 0 saturated carbocycles. The number of halogens is 4. The Bertz CT molecular complexity index is 880. The van der Waals surface area contributed by atoms with Crippen LogP contribution < -0.4 is 5.32 Å². The van der Waals surface area contributed by atoms with Gasteiger partial charge in [-0.3, -0.25) is 4.79 Å². The van der Waals surface area contributed by atoms with Crippen molar-refractivity contribution in [1.82, 2.24) is 10.2 Å². The van der Waals surface area contributed by atoms with E-state index in [2.05, 4.69) is 11.9 Å². The monoisotopic (exact) mass is 396 g/mol. The summed E-state index contributed by atoms with van der Waals surface area (Å²) in [6, 6.07) is 10.5. The second-order valence-electron chi connectivity index (χ2n) is 6.04. The lowest BCUT2D eigenvalue weighted by Crippen LogP contribution is -2.34. The molecule has 3 rings (SSSR count). The third kappa shape index (κ3) is 3.81. The highest BCUT2D eigenvalue weighted by atomic mass is 35.5. The average molecular weight is 397 g/mol. The van der Waals surface area contributed by atoms with E-state index < -0.39 is 22.8 Å². The summed E-state index contributed by atoms with van der Waals surface area (Å²) >= 11 is 5.87. The molecule has 144 valence electrons. The van der Waals surface area contributed by atoms with Gasteiger partial charge in [0.15, 0.2) is 0 Å². The van der Waals surface area contributed by atoms with Gasteiger partial charge in [0, 0.05) is 24.9 Å². The second-order valence-corrected chi connectivity index (χ2v) is 6.42. The number of carbonyl (C=O) groups is 1. The Kier molecular flexibility index (Phi) is 5.90. The lowest BCUT2D eigenvalue weighted by Gasteiger charge is -2.22. The molecule has 0 saturated heterocycles. The minimum Gasteiger partial charge on any atom is -0.359 e. The van der Waals surface area contributed by atoms with Crippen molar-refractivity contribution < 1.29 is 18.0 Å². The molecule has 1 aliphatic heterocycles. The standard InChI is InChI=1S/C19H16ClF3N2O.CH4/c1-11-13-7-3-4-8-14(13)17(25(11)2)18(26)24-10-12-6-5-9-15(16(12)20)19(21,22)23;/h3-9,17H,1,10H2,2H3,(H,24,26);1H4. The summed E-state index contributed by atoms with van der Waals surface area (Å²) in [5, 5.41) is 2.28. The maximum Gasteiger partial charge on any atom is 0.417 e. The van der Waals surface area contributed by atoms with Crippen LogP contribution in [-0.4, -0.2) is 17.9 Å². The fraction of sp³-hybridized carbons (Fsp3) is 0.250. The number of nitrogens with one attached hydrogen (secondary N) is 1. The molecule has 0 radical (unpaired) electrons. The molecule has 1 heterocycles. The van der Waals surface area contributed by atoms with Crippen LogP contribution in [0.15, 0.2) is 49.0 Å². The first-order valence-corrected chi connectivity index (χ1v) is 8.23. The van der Waals surface area contributed by atoms with E-state index in [9.17, 15) is 18.0 Å². The molecule has 1 atom stereocenters. The van der Waals surface area contributed by atoms with Crippen molar-refractivity contribution in [1.29, 1.82) is 0 Å². The number of carbonyl (C=O) groups excluding carboxylic acids is 1. The summed E-state index contributed by atoms with van der Waals surface area (Å²) in [7, 11) is 1.75. The zero-order valence-corrected chi connectivity index (χ0v) is 14.7. The molecule has 0 aliphatic carbocycles. The number of hydrogen-bond acceptors (Lipinski definition) is 2. The number of amides is 1. The van der Waals surface area contributed by atoms with E-state index in [0.29, 0.717) is 0 Å². The van der Waals surface area contributed by atoms with Crippen LogP contribution in [0.5, 0.6) is 0 Å². The molecule has 0 bridgehead atoms. The van der Waals surface area contributed by atoms with Gasteiger partial charge in [-0.05, 0) is 17.2 Å². The fourth-order valence-electron chi connectivity index (χ4n) is 3.08. The van der Waals surface area contributed by atoms with Crippen molar-refractivity contribution in [2.45, 2.75) is 26.2 Å². The maximum atomic E-state index is 12.9. The maximum absolute atomic E-state index is 12.9. The Morgan fingerprint density at radius 3 is 2.56 bits per heavy atom. The van der Waals surface area contributed by atoms with Crippen LogP contribution in [0.2, 0.25) is 5.02 Å². The van der Waals surface area contributed by atoms with Crippen LogP contribution in [0.4, 0.5) is 13.2 Å². The lowest BCUT2D eigenvalue weighted by molar-refractivity contribution is -0.137. The normalized spacial score (nSPS) is 16.0. The van der Waals surface area contributed by atoms with Gasteiger partial charge in [0.25, 0.3) is 0 Å². The Morgan fingerprint density at radius 2 is 1.89 bits per heavy atom. The van der Waals surface area contributed by atoms with Gasteiger partial charge in [0.1, 0.15) is 6.04 Å². The highest BCUT2D eigenvalue weighted by molar-refractivity contribution is 6.32. The second kappa shape index (κ2) is 7.64. The van der Waals surface area contributed by atoms with Gasteiger partial charge in [0.2, 0.25) is 5.91 Å².